The van der Waals surface area contributed by atoms with E-state index in [1.807, 2.05) is 12.3 Å². The highest BCUT2D eigenvalue weighted by molar-refractivity contribution is 6.01. The van der Waals surface area contributed by atoms with Gasteiger partial charge in [0.15, 0.2) is 0 Å². The zero-order valence-electron chi connectivity index (χ0n) is 14.6. The number of pyridine rings is 1. The van der Waals surface area contributed by atoms with Crippen LogP contribution in [0.5, 0.6) is 0 Å². The van der Waals surface area contributed by atoms with E-state index in [-0.39, 0.29) is 12.0 Å². The number of nitrogens with zero attached hydrogens (tertiary/aromatic N) is 3. The average Bonchev–Trinajstić information content (AvgIpc) is 3.17. The molecule has 0 aliphatic carbocycles. The Morgan fingerprint density at radius 3 is 2.72 bits per heavy atom. The van der Waals surface area contributed by atoms with Crippen molar-refractivity contribution >= 4 is 28.2 Å². The maximum atomic E-state index is 12.1. The lowest BCUT2D eigenvalue weighted by Gasteiger charge is -2.31. The van der Waals surface area contributed by atoms with Crippen LogP contribution in [0.1, 0.15) is 12.8 Å². The number of nitrogens with one attached hydrogen (secondary N) is 1. The summed E-state index contributed by atoms with van der Waals surface area (Å²) in [5.74, 6) is 0.719. The molecule has 0 bridgehead atoms. The van der Waals surface area contributed by atoms with Gasteiger partial charge in [-0.1, -0.05) is 24.3 Å². The largest absolute Gasteiger partial charge is 0.467 e. The van der Waals surface area contributed by atoms with E-state index in [9.17, 15) is 4.79 Å². The quantitative estimate of drug-likeness (QED) is 0.860. The molecule has 4 rings (SSSR count). The molecule has 2 aliphatic rings. The molecule has 2 aliphatic heterocycles. The lowest BCUT2D eigenvalue weighted by molar-refractivity contribution is -0.141. The summed E-state index contributed by atoms with van der Waals surface area (Å²) >= 11 is 0. The van der Waals surface area contributed by atoms with Crippen molar-refractivity contribution in [1.82, 2.24) is 10.3 Å². The van der Waals surface area contributed by atoms with E-state index in [2.05, 4.69) is 33.3 Å². The topological polar surface area (TPSA) is 57.7 Å². The van der Waals surface area contributed by atoms with Crippen molar-refractivity contribution in [3.8, 4) is 0 Å². The van der Waals surface area contributed by atoms with Crippen molar-refractivity contribution in [2.45, 2.75) is 18.9 Å². The average molecular weight is 340 g/mol. The number of esters is 1. The van der Waals surface area contributed by atoms with Crippen LogP contribution in [0.4, 0.5) is 11.5 Å². The second-order valence-electron chi connectivity index (χ2n) is 6.62. The van der Waals surface area contributed by atoms with Gasteiger partial charge < -0.3 is 19.9 Å². The van der Waals surface area contributed by atoms with Crippen LogP contribution >= 0.6 is 0 Å². The smallest absolute Gasteiger partial charge is 0.328 e. The molecule has 3 heterocycles. The molecule has 0 saturated carbocycles. The van der Waals surface area contributed by atoms with Crippen LogP contribution in [0.3, 0.4) is 0 Å². The molecule has 1 aromatic carbocycles. The minimum absolute atomic E-state index is 0.172. The summed E-state index contributed by atoms with van der Waals surface area (Å²) in [5, 5.41) is 5.70. The zero-order chi connectivity index (χ0) is 17.2. The summed E-state index contributed by atoms with van der Waals surface area (Å²) < 4.78 is 4.99. The second kappa shape index (κ2) is 6.88. The number of hydrogen-bond donors (Lipinski definition) is 1. The number of fused-ring (bicyclic) bond motifs is 1. The van der Waals surface area contributed by atoms with Gasteiger partial charge in [-0.15, -0.1) is 0 Å². The molecular formula is C19H24N4O2. The maximum absolute atomic E-state index is 12.1. The molecule has 2 aromatic rings. The summed E-state index contributed by atoms with van der Waals surface area (Å²) in [5.41, 5.74) is 1.18. The van der Waals surface area contributed by atoms with Gasteiger partial charge in [0.1, 0.15) is 11.9 Å². The van der Waals surface area contributed by atoms with E-state index in [4.69, 9.17) is 9.72 Å². The molecule has 2 saturated heterocycles. The number of carbonyl (C=O) groups is 1. The second-order valence-corrected chi connectivity index (χ2v) is 6.62. The summed E-state index contributed by atoms with van der Waals surface area (Å²) in [6.45, 7) is 4.79. The van der Waals surface area contributed by atoms with Crippen LogP contribution < -0.4 is 15.1 Å². The summed E-state index contributed by atoms with van der Waals surface area (Å²) in [6.07, 6.45) is 3.77. The highest BCUT2D eigenvalue weighted by Gasteiger charge is 2.33. The zero-order valence-corrected chi connectivity index (χ0v) is 14.6. The number of ether oxygens (including phenoxy) is 1. The molecule has 1 unspecified atom stereocenters. The predicted molar refractivity (Wildman–Crippen MR) is 99.2 cm³/mol. The molecular weight excluding hydrogens is 316 g/mol. The summed E-state index contributed by atoms with van der Waals surface area (Å²) in [7, 11) is 1.46. The van der Waals surface area contributed by atoms with E-state index in [0.29, 0.717) is 0 Å². The summed E-state index contributed by atoms with van der Waals surface area (Å²) in [6, 6.07) is 8.14. The fraction of sp³-hybridized carbons (Fsp3) is 0.474. The minimum atomic E-state index is -0.231. The fourth-order valence-corrected chi connectivity index (χ4v) is 3.95. The van der Waals surface area contributed by atoms with Crippen molar-refractivity contribution in [2.75, 3.05) is 49.6 Å². The van der Waals surface area contributed by atoms with Gasteiger partial charge in [-0.05, 0) is 12.8 Å². The normalized spacial score (nSPS) is 20.9. The first-order valence-electron chi connectivity index (χ1n) is 8.97. The van der Waals surface area contributed by atoms with Gasteiger partial charge in [0.2, 0.25) is 0 Å². The lowest BCUT2D eigenvalue weighted by Crippen LogP contribution is -2.43. The first kappa shape index (κ1) is 16.1. The third kappa shape index (κ3) is 2.91. The Labute approximate surface area is 147 Å². The Bertz CT molecular complexity index is 773. The monoisotopic (exact) mass is 340 g/mol. The highest BCUT2D eigenvalue weighted by Crippen LogP contribution is 2.35. The number of benzene rings is 1. The SMILES string of the molecule is COC(=O)C1CCCN1c1ncc(N2CCNCC2)c2ccccc12. The number of aromatic nitrogens is 1. The Balaban J connectivity index is 1.77. The molecule has 132 valence electrons. The standard InChI is InChI=1S/C19H24N4O2/c1-25-19(24)16-7-4-10-23(16)18-15-6-3-2-5-14(15)17(13-21-18)22-11-8-20-9-12-22/h2-3,5-6,13,16,20H,4,7-12H2,1H3. The van der Waals surface area contributed by atoms with Crippen LogP contribution in [0.25, 0.3) is 10.8 Å². The molecule has 2 fully saturated rings. The van der Waals surface area contributed by atoms with Crippen LogP contribution in [-0.4, -0.2) is 56.8 Å². The lowest BCUT2D eigenvalue weighted by atomic mass is 10.1. The number of anilines is 2. The Morgan fingerprint density at radius 1 is 1.20 bits per heavy atom. The number of methoxy groups -OCH3 is 1. The number of carbonyl (C=O) groups excluding carboxylic acids is 1. The highest BCUT2D eigenvalue weighted by atomic mass is 16.5. The molecule has 6 nitrogen and oxygen atoms in total. The van der Waals surface area contributed by atoms with E-state index in [1.165, 1.54) is 18.2 Å². The molecule has 0 amide bonds. The van der Waals surface area contributed by atoms with Gasteiger partial charge >= 0.3 is 5.97 Å². The first-order valence-corrected chi connectivity index (χ1v) is 8.97. The first-order chi connectivity index (χ1) is 12.3. The third-order valence-electron chi connectivity index (χ3n) is 5.21. The molecule has 6 heteroatoms. The Hall–Kier alpha value is -2.34. The van der Waals surface area contributed by atoms with Crippen molar-refractivity contribution in [1.29, 1.82) is 0 Å². The van der Waals surface area contributed by atoms with Gasteiger partial charge in [-0.2, -0.15) is 0 Å². The van der Waals surface area contributed by atoms with E-state index in [1.54, 1.807) is 0 Å². The summed E-state index contributed by atoms with van der Waals surface area (Å²) in [4.78, 5) is 21.4. The van der Waals surface area contributed by atoms with Crippen LogP contribution in [0.15, 0.2) is 30.5 Å². The van der Waals surface area contributed by atoms with Gasteiger partial charge in [-0.3, -0.25) is 0 Å². The Morgan fingerprint density at radius 2 is 1.96 bits per heavy atom. The maximum Gasteiger partial charge on any atom is 0.328 e. The van der Waals surface area contributed by atoms with Crippen molar-refractivity contribution in [3.05, 3.63) is 30.5 Å². The molecule has 1 aromatic heterocycles. The molecule has 25 heavy (non-hydrogen) atoms. The van der Waals surface area contributed by atoms with E-state index in [0.717, 1.165) is 56.8 Å². The van der Waals surface area contributed by atoms with Crippen LogP contribution in [0.2, 0.25) is 0 Å². The van der Waals surface area contributed by atoms with Gasteiger partial charge in [0, 0.05) is 43.5 Å². The number of piperazine rings is 1. The van der Waals surface area contributed by atoms with Crippen LogP contribution in [-0.2, 0) is 9.53 Å². The van der Waals surface area contributed by atoms with Crippen LogP contribution in [0, 0.1) is 0 Å². The van der Waals surface area contributed by atoms with E-state index >= 15 is 0 Å². The van der Waals surface area contributed by atoms with Crippen molar-refractivity contribution in [3.63, 3.8) is 0 Å². The van der Waals surface area contributed by atoms with Gasteiger partial charge in [0.25, 0.3) is 0 Å². The van der Waals surface area contributed by atoms with Crippen molar-refractivity contribution in [2.24, 2.45) is 0 Å². The molecule has 0 spiro atoms. The number of rotatable bonds is 3. The van der Waals surface area contributed by atoms with Gasteiger partial charge in [0.05, 0.1) is 19.0 Å². The minimum Gasteiger partial charge on any atom is -0.467 e. The predicted octanol–water partition coefficient (Wildman–Crippen LogP) is 1.79. The molecule has 1 atom stereocenters. The fourth-order valence-electron chi connectivity index (χ4n) is 3.95. The third-order valence-corrected chi connectivity index (χ3v) is 5.21. The van der Waals surface area contributed by atoms with Crippen molar-refractivity contribution < 1.29 is 9.53 Å². The molecule has 1 N–H and O–H groups in total. The Kier molecular flexibility index (Phi) is 4.44. The van der Waals surface area contributed by atoms with Gasteiger partial charge in [-0.25, -0.2) is 9.78 Å². The molecule has 0 radical (unpaired) electrons. The van der Waals surface area contributed by atoms with E-state index < -0.39 is 0 Å². The number of hydrogen-bond acceptors (Lipinski definition) is 6.